The van der Waals surface area contributed by atoms with Crippen molar-refractivity contribution in [2.75, 3.05) is 38.0 Å². The van der Waals surface area contributed by atoms with Gasteiger partial charge < -0.3 is 19.9 Å². The molecular formula is C26H37N3O3. The molecule has 2 amide bonds. The number of rotatable bonds is 11. The van der Waals surface area contributed by atoms with E-state index in [9.17, 15) is 9.59 Å². The Kier molecular flexibility index (Phi) is 9.72. The van der Waals surface area contributed by atoms with Gasteiger partial charge in [-0.25, -0.2) is 0 Å². The van der Waals surface area contributed by atoms with Crippen molar-refractivity contribution in [2.24, 2.45) is 5.92 Å². The summed E-state index contributed by atoms with van der Waals surface area (Å²) in [7, 11) is 5.46. The molecule has 2 rings (SSSR count). The highest BCUT2D eigenvalue weighted by Gasteiger charge is 2.27. The van der Waals surface area contributed by atoms with E-state index in [-0.39, 0.29) is 30.4 Å². The minimum atomic E-state index is -0.210. The highest BCUT2D eigenvalue weighted by atomic mass is 16.5. The number of ether oxygens (including phenoxy) is 1. The third kappa shape index (κ3) is 6.57. The van der Waals surface area contributed by atoms with Crippen molar-refractivity contribution in [3.8, 4) is 0 Å². The zero-order valence-electron chi connectivity index (χ0n) is 20.2. The van der Waals surface area contributed by atoms with E-state index in [1.54, 1.807) is 0 Å². The van der Waals surface area contributed by atoms with Crippen molar-refractivity contribution in [2.45, 2.75) is 46.2 Å². The molecule has 0 aliphatic rings. The van der Waals surface area contributed by atoms with Crippen molar-refractivity contribution < 1.29 is 14.3 Å². The lowest BCUT2D eigenvalue weighted by Crippen LogP contribution is -2.37. The van der Waals surface area contributed by atoms with E-state index < -0.39 is 0 Å². The Bertz CT molecular complexity index is 879. The molecule has 0 heterocycles. The number of hydrogen-bond acceptors (Lipinski definition) is 4. The van der Waals surface area contributed by atoms with Crippen molar-refractivity contribution in [1.82, 2.24) is 4.90 Å². The third-order valence-electron chi connectivity index (χ3n) is 5.83. The van der Waals surface area contributed by atoms with E-state index in [2.05, 4.69) is 38.2 Å². The molecule has 0 saturated heterocycles. The van der Waals surface area contributed by atoms with E-state index in [0.717, 1.165) is 29.7 Å². The lowest BCUT2D eigenvalue weighted by atomic mass is 9.98. The molecule has 0 aliphatic heterocycles. The number of anilines is 2. The van der Waals surface area contributed by atoms with E-state index in [1.165, 1.54) is 7.11 Å². The number of amides is 2. The normalized spacial score (nSPS) is 11.8. The molecular weight excluding hydrogens is 402 g/mol. The second-order valence-corrected chi connectivity index (χ2v) is 8.29. The Labute approximate surface area is 192 Å². The van der Waals surface area contributed by atoms with Crippen LogP contribution in [0.5, 0.6) is 0 Å². The summed E-state index contributed by atoms with van der Waals surface area (Å²) in [5, 5.41) is 2.87. The molecule has 1 atom stereocenters. The number of nitrogens with one attached hydrogen (secondary N) is 1. The van der Waals surface area contributed by atoms with Crippen LogP contribution < -0.4 is 10.2 Å². The van der Waals surface area contributed by atoms with Gasteiger partial charge in [0.05, 0.1) is 6.04 Å². The van der Waals surface area contributed by atoms with Gasteiger partial charge in [0.2, 0.25) is 11.8 Å². The van der Waals surface area contributed by atoms with Gasteiger partial charge in [-0.05, 0) is 49.1 Å². The summed E-state index contributed by atoms with van der Waals surface area (Å²) < 4.78 is 4.92. The summed E-state index contributed by atoms with van der Waals surface area (Å²) in [5.74, 6) is -0.0721. The lowest BCUT2D eigenvalue weighted by Gasteiger charge is -2.34. The fraction of sp³-hybridized carbons (Fsp3) is 0.462. The van der Waals surface area contributed by atoms with Crippen LogP contribution in [0, 0.1) is 5.92 Å². The number of carbonyl (C=O) groups excluding carboxylic acids is 2. The Morgan fingerprint density at radius 3 is 2.25 bits per heavy atom. The van der Waals surface area contributed by atoms with Gasteiger partial charge in [-0.2, -0.15) is 0 Å². The molecule has 174 valence electrons. The second kappa shape index (κ2) is 12.2. The zero-order valence-corrected chi connectivity index (χ0v) is 20.2. The molecule has 1 N–H and O–H groups in total. The van der Waals surface area contributed by atoms with E-state index in [0.29, 0.717) is 12.2 Å². The first kappa shape index (κ1) is 25.4. The zero-order chi connectivity index (χ0) is 23.7. The van der Waals surface area contributed by atoms with Crippen molar-refractivity contribution in [3.05, 3.63) is 59.7 Å². The van der Waals surface area contributed by atoms with Gasteiger partial charge in [0.15, 0.2) is 0 Å². The maximum absolute atomic E-state index is 13.6. The predicted molar refractivity (Wildman–Crippen MR) is 131 cm³/mol. The van der Waals surface area contributed by atoms with Crippen LogP contribution in [0.2, 0.25) is 0 Å². The highest BCUT2D eigenvalue weighted by Crippen LogP contribution is 2.30. The molecule has 0 spiro atoms. The van der Waals surface area contributed by atoms with Gasteiger partial charge in [0, 0.05) is 45.0 Å². The second-order valence-electron chi connectivity index (χ2n) is 8.29. The summed E-state index contributed by atoms with van der Waals surface area (Å²) in [4.78, 5) is 29.6. The van der Waals surface area contributed by atoms with Gasteiger partial charge >= 0.3 is 0 Å². The van der Waals surface area contributed by atoms with Crippen molar-refractivity contribution in [3.63, 3.8) is 0 Å². The van der Waals surface area contributed by atoms with Crippen LogP contribution in [0.1, 0.15) is 50.8 Å². The Morgan fingerprint density at radius 1 is 1.03 bits per heavy atom. The molecule has 0 bridgehead atoms. The summed E-state index contributed by atoms with van der Waals surface area (Å²) >= 11 is 0. The topological polar surface area (TPSA) is 61.9 Å². The average Bonchev–Trinajstić information content (AvgIpc) is 2.78. The summed E-state index contributed by atoms with van der Waals surface area (Å²) in [6.45, 7) is 6.65. The molecule has 6 heteroatoms. The van der Waals surface area contributed by atoms with Crippen LogP contribution in [0.3, 0.4) is 0 Å². The number of hydrogen-bond donors (Lipinski definition) is 1. The van der Waals surface area contributed by atoms with Crippen LogP contribution in [-0.4, -0.2) is 44.5 Å². The van der Waals surface area contributed by atoms with Crippen LogP contribution in [0.4, 0.5) is 11.4 Å². The summed E-state index contributed by atoms with van der Waals surface area (Å²) in [6.07, 6.45) is 1.61. The van der Waals surface area contributed by atoms with Gasteiger partial charge in [0.1, 0.15) is 6.61 Å². The van der Waals surface area contributed by atoms with Gasteiger partial charge in [0.25, 0.3) is 0 Å². The van der Waals surface area contributed by atoms with E-state index in [1.807, 2.05) is 60.3 Å². The minimum Gasteiger partial charge on any atom is -0.377 e. The minimum absolute atomic E-state index is 0.00486. The fourth-order valence-electron chi connectivity index (χ4n) is 3.93. The monoisotopic (exact) mass is 439 g/mol. The quantitative estimate of drug-likeness (QED) is 0.543. The largest absolute Gasteiger partial charge is 0.377 e. The predicted octanol–water partition coefficient (Wildman–Crippen LogP) is 4.86. The maximum Gasteiger partial charge on any atom is 0.250 e. The number of methoxy groups -OCH3 is 1. The first-order valence-electron chi connectivity index (χ1n) is 11.3. The van der Waals surface area contributed by atoms with E-state index in [4.69, 9.17) is 4.74 Å². The molecule has 0 aliphatic carbocycles. The van der Waals surface area contributed by atoms with Crippen LogP contribution in [-0.2, 0) is 20.9 Å². The third-order valence-corrected chi connectivity index (χ3v) is 5.83. The molecule has 0 aromatic heterocycles. The van der Waals surface area contributed by atoms with Crippen LogP contribution in [0.25, 0.3) is 0 Å². The molecule has 0 saturated carbocycles. The molecule has 6 nitrogen and oxygen atoms in total. The lowest BCUT2D eigenvalue weighted by molar-refractivity contribution is -0.138. The Hall–Kier alpha value is -2.86. The average molecular weight is 440 g/mol. The first-order chi connectivity index (χ1) is 15.3. The molecule has 2 aromatic carbocycles. The number of carbonyl (C=O) groups is 2. The van der Waals surface area contributed by atoms with Crippen molar-refractivity contribution >= 4 is 23.2 Å². The molecule has 1 unspecified atom stereocenters. The standard InChI is InChI=1S/C26H37N3O3/c1-7-20(8-2)26(31)29(19(3)21-12-10-9-11-13-21)17-22-16-23(27-25(30)18-32-6)14-15-24(22)28(4)5/h9-16,19-20H,7-8,17-18H2,1-6H3,(H,27,30). The molecule has 0 fully saturated rings. The van der Waals surface area contributed by atoms with Crippen molar-refractivity contribution in [1.29, 1.82) is 0 Å². The first-order valence-corrected chi connectivity index (χ1v) is 11.3. The SMILES string of the molecule is CCC(CC)C(=O)N(Cc1cc(NC(=O)COC)ccc1N(C)C)C(C)c1ccccc1. The smallest absolute Gasteiger partial charge is 0.250 e. The molecule has 0 radical (unpaired) electrons. The summed E-state index contributed by atoms with van der Waals surface area (Å²) in [5.41, 5.74) is 3.78. The van der Waals surface area contributed by atoms with Gasteiger partial charge in [-0.15, -0.1) is 0 Å². The number of nitrogens with zero attached hydrogens (tertiary/aromatic N) is 2. The molecule has 2 aromatic rings. The van der Waals surface area contributed by atoms with Crippen LogP contribution >= 0.6 is 0 Å². The maximum atomic E-state index is 13.6. The summed E-state index contributed by atoms with van der Waals surface area (Å²) in [6, 6.07) is 15.8. The Balaban J connectivity index is 2.45. The highest BCUT2D eigenvalue weighted by molar-refractivity contribution is 5.92. The van der Waals surface area contributed by atoms with Gasteiger partial charge in [-0.1, -0.05) is 44.2 Å². The van der Waals surface area contributed by atoms with Crippen LogP contribution in [0.15, 0.2) is 48.5 Å². The van der Waals surface area contributed by atoms with Gasteiger partial charge in [-0.3, -0.25) is 9.59 Å². The molecule has 32 heavy (non-hydrogen) atoms. The number of benzene rings is 2. The fourth-order valence-corrected chi connectivity index (χ4v) is 3.93. The van der Waals surface area contributed by atoms with E-state index >= 15 is 0 Å². The Morgan fingerprint density at radius 2 is 1.69 bits per heavy atom.